The molecule has 15 heteroatoms. The van der Waals surface area contributed by atoms with Crippen LogP contribution in [-0.2, 0) is 14.8 Å². The number of ketones is 1. The number of aromatic carboxylic acids is 1. The van der Waals surface area contributed by atoms with E-state index in [-0.39, 0.29) is 21.9 Å². The molecule has 0 saturated carbocycles. The van der Waals surface area contributed by atoms with Crippen LogP contribution in [0, 0.1) is 0 Å². The zero-order valence-electron chi connectivity index (χ0n) is 22.2. The number of nitrogens with one attached hydrogen (secondary N) is 1. The third-order valence-electron chi connectivity index (χ3n) is 6.83. The smallest absolute Gasteiger partial charge is 0.478 e. The number of hydrogen-bond acceptors (Lipinski definition) is 8. The molecule has 3 heterocycles. The van der Waals surface area contributed by atoms with Crippen molar-refractivity contribution in [2.24, 2.45) is 0 Å². The molecule has 0 amide bonds. The zero-order chi connectivity index (χ0) is 30.4. The Morgan fingerprint density at radius 2 is 1.54 bits per heavy atom. The molecule has 0 bridgehead atoms. The van der Waals surface area contributed by atoms with Crippen molar-refractivity contribution >= 4 is 39.3 Å². The Kier molecular flexibility index (Phi) is 10.3. The molecule has 1 aromatic heterocycles. The number of carbonyl (C=O) groups is 3. The average molecular weight is 601 g/mol. The number of anilines is 2. The van der Waals surface area contributed by atoms with Crippen molar-refractivity contribution in [3.8, 4) is 0 Å². The van der Waals surface area contributed by atoms with E-state index in [0.717, 1.165) is 25.9 Å². The van der Waals surface area contributed by atoms with Gasteiger partial charge in [-0.3, -0.25) is 9.52 Å². The van der Waals surface area contributed by atoms with Gasteiger partial charge in [0.25, 0.3) is 10.0 Å². The van der Waals surface area contributed by atoms with Crippen LogP contribution < -0.4 is 9.62 Å². The number of carboxylic acids is 2. The van der Waals surface area contributed by atoms with Crippen LogP contribution in [0.25, 0.3) is 0 Å². The van der Waals surface area contributed by atoms with E-state index in [2.05, 4.69) is 14.6 Å². The van der Waals surface area contributed by atoms with E-state index in [1.807, 2.05) is 4.90 Å². The van der Waals surface area contributed by atoms with Crippen LogP contribution in [-0.4, -0.2) is 84.6 Å². The minimum atomic E-state index is -5.08. The summed E-state index contributed by atoms with van der Waals surface area (Å²) in [7, 11) is -3.97. The number of piperidine rings is 2. The van der Waals surface area contributed by atoms with E-state index in [9.17, 15) is 36.3 Å². The maximum Gasteiger partial charge on any atom is 0.490 e. The molecule has 2 aromatic rings. The number of aliphatic carboxylic acids is 1. The molecule has 4 rings (SSSR count). The molecule has 0 spiro atoms. The first kappa shape index (κ1) is 31.8. The molecule has 0 atom stereocenters. The van der Waals surface area contributed by atoms with E-state index in [4.69, 9.17) is 9.90 Å². The van der Waals surface area contributed by atoms with Gasteiger partial charge in [0.05, 0.1) is 16.8 Å². The number of carbonyl (C=O) groups excluding carboxylic acids is 1. The minimum absolute atomic E-state index is 0.0294. The van der Waals surface area contributed by atoms with Gasteiger partial charge < -0.3 is 20.0 Å². The summed E-state index contributed by atoms with van der Waals surface area (Å²) in [5.41, 5.74) is 0.436. The fourth-order valence-corrected chi connectivity index (χ4v) is 5.77. The Hall–Kier alpha value is -3.72. The van der Waals surface area contributed by atoms with Gasteiger partial charge in [-0.1, -0.05) is 18.6 Å². The Bertz CT molecular complexity index is 1350. The molecule has 1 aromatic carbocycles. The number of aromatic nitrogens is 1. The van der Waals surface area contributed by atoms with Crippen molar-refractivity contribution in [1.29, 1.82) is 0 Å². The third kappa shape index (κ3) is 8.63. The van der Waals surface area contributed by atoms with Crippen LogP contribution in [0.15, 0.2) is 41.4 Å². The van der Waals surface area contributed by atoms with Gasteiger partial charge in [0.15, 0.2) is 5.78 Å². The first-order valence-electron chi connectivity index (χ1n) is 12.9. The summed E-state index contributed by atoms with van der Waals surface area (Å²) in [6.07, 6.45) is 1.93. The molecular formula is C26H31F3N4O7S. The van der Waals surface area contributed by atoms with Gasteiger partial charge in [-0.05, 0) is 63.9 Å². The number of likely N-dealkylation sites (tertiary alicyclic amines) is 1. The lowest BCUT2D eigenvalue weighted by molar-refractivity contribution is -0.192. The zero-order valence-corrected chi connectivity index (χ0v) is 23.0. The first-order valence-corrected chi connectivity index (χ1v) is 14.3. The number of pyridine rings is 1. The minimum Gasteiger partial charge on any atom is -0.478 e. The Morgan fingerprint density at radius 1 is 0.976 bits per heavy atom. The van der Waals surface area contributed by atoms with Crippen LogP contribution >= 0.6 is 0 Å². The van der Waals surface area contributed by atoms with E-state index in [0.29, 0.717) is 30.5 Å². The van der Waals surface area contributed by atoms with Crippen molar-refractivity contribution in [2.45, 2.75) is 56.1 Å². The number of Topliss-reactive ketones (excluding diaryl/α,β-unsaturated/α-hetero) is 1. The fraction of sp³-hybridized carbons (Fsp3) is 0.462. The van der Waals surface area contributed by atoms with Crippen LogP contribution in [0.4, 0.5) is 24.7 Å². The van der Waals surface area contributed by atoms with E-state index >= 15 is 0 Å². The molecule has 2 aliphatic rings. The number of alkyl halides is 3. The van der Waals surface area contributed by atoms with Crippen LogP contribution in [0.1, 0.15) is 59.7 Å². The average Bonchev–Trinajstić information content (AvgIpc) is 2.93. The number of halogens is 3. The quantitative estimate of drug-likeness (QED) is 0.399. The summed E-state index contributed by atoms with van der Waals surface area (Å²) in [6, 6.07) is 7.38. The number of benzene rings is 1. The fourth-order valence-electron chi connectivity index (χ4n) is 4.73. The highest BCUT2D eigenvalue weighted by molar-refractivity contribution is 7.92. The highest BCUT2D eigenvalue weighted by atomic mass is 32.2. The van der Waals surface area contributed by atoms with Crippen LogP contribution in [0.2, 0.25) is 0 Å². The molecule has 0 radical (unpaired) electrons. The molecule has 11 nitrogen and oxygen atoms in total. The Morgan fingerprint density at radius 3 is 2.02 bits per heavy atom. The Balaban J connectivity index is 0.000000587. The summed E-state index contributed by atoms with van der Waals surface area (Å²) >= 11 is 0. The van der Waals surface area contributed by atoms with Crippen LogP contribution in [0.5, 0.6) is 0 Å². The topological polar surface area (TPSA) is 157 Å². The normalized spacial score (nSPS) is 16.8. The summed E-state index contributed by atoms with van der Waals surface area (Å²) in [5.74, 6) is -3.72. The van der Waals surface area contributed by atoms with Crippen molar-refractivity contribution in [1.82, 2.24) is 9.88 Å². The lowest BCUT2D eigenvalue weighted by Crippen LogP contribution is -2.47. The SMILES string of the molecule is CC(=O)c1ccc(S(=O)(=O)Nc2cnc(N3CCC(N4CCCCC4)CC3)c(C(=O)O)c2)cc1.O=C(O)C(F)(F)F. The number of hydrogen-bond donors (Lipinski definition) is 3. The van der Waals surface area contributed by atoms with E-state index in [1.54, 1.807) is 0 Å². The molecule has 0 unspecified atom stereocenters. The predicted molar refractivity (Wildman–Crippen MR) is 143 cm³/mol. The van der Waals surface area contributed by atoms with Crippen molar-refractivity contribution in [2.75, 3.05) is 35.8 Å². The van der Waals surface area contributed by atoms with Crippen molar-refractivity contribution in [3.05, 3.63) is 47.7 Å². The van der Waals surface area contributed by atoms with Gasteiger partial charge in [0, 0.05) is 24.7 Å². The Labute approximate surface area is 235 Å². The number of rotatable bonds is 7. The number of nitrogens with zero attached hydrogens (tertiary/aromatic N) is 3. The van der Waals surface area contributed by atoms with Gasteiger partial charge in [-0.25, -0.2) is 23.0 Å². The summed E-state index contributed by atoms with van der Waals surface area (Å²) in [4.78, 5) is 41.1. The standard InChI is InChI=1S/C24H30N4O5S.C2HF3O2/c1-17(29)18-5-7-21(8-6-18)34(32,33)26-19-15-22(24(30)31)23(25-16-19)28-13-9-20(10-14-28)27-11-3-2-4-12-27;3-2(4,5)1(6)7/h5-8,15-16,20,26H,2-4,9-14H2,1H3,(H,30,31);(H,6,7). The molecule has 2 saturated heterocycles. The van der Waals surface area contributed by atoms with Crippen molar-refractivity contribution in [3.63, 3.8) is 0 Å². The van der Waals surface area contributed by atoms with E-state index < -0.39 is 28.1 Å². The molecule has 0 aliphatic carbocycles. The van der Waals surface area contributed by atoms with Gasteiger partial charge >= 0.3 is 18.1 Å². The van der Waals surface area contributed by atoms with Gasteiger partial charge in [0.1, 0.15) is 11.4 Å². The molecule has 3 N–H and O–H groups in total. The van der Waals surface area contributed by atoms with Crippen LogP contribution in [0.3, 0.4) is 0 Å². The second-order valence-corrected chi connectivity index (χ2v) is 11.4. The highest BCUT2D eigenvalue weighted by Gasteiger charge is 2.38. The second-order valence-electron chi connectivity index (χ2n) is 9.70. The molecule has 2 fully saturated rings. The lowest BCUT2D eigenvalue weighted by atomic mass is 9.99. The maximum atomic E-state index is 12.8. The highest BCUT2D eigenvalue weighted by Crippen LogP contribution is 2.28. The molecular weight excluding hydrogens is 569 g/mol. The van der Waals surface area contributed by atoms with Gasteiger partial charge in [-0.15, -0.1) is 0 Å². The monoisotopic (exact) mass is 600 g/mol. The van der Waals surface area contributed by atoms with E-state index in [1.165, 1.54) is 62.7 Å². The lowest BCUT2D eigenvalue weighted by Gasteiger charge is -2.40. The van der Waals surface area contributed by atoms with Gasteiger partial charge in [0.2, 0.25) is 0 Å². The summed E-state index contributed by atoms with van der Waals surface area (Å²) in [6.45, 7) is 5.09. The molecule has 2 aliphatic heterocycles. The maximum absolute atomic E-state index is 12.8. The predicted octanol–water partition coefficient (Wildman–Crippen LogP) is 3.87. The summed E-state index contributed by atoms with van der Waals surface area (Å²) in [5, 5.41) is 16.9. The first-order chi connectivity index (χ1) is 19.2. The third-order valence-corrected chi connectivity index (χ3v) is 8.23. The second kappa shape index (κ2) is 13.3. The molecule has 224 valence electrons. The van der Waals surface area contributed by atoms with Crippen molar-refractivity contribution < 1.29 is 46.2 Å². The number of carboxylic acid groups (broad SMARTS) is 2. The largest absolute Gasteiger partial charge is 0.490 e. The number of sulfonamides is 1. The van der Waals surface area contributed by atoms with Gasteiger partial charge in [-0.2, -0.15) is 13.2 Å². The summed E-state index contributed by atoms with van der Waals surface area (Å²) < 4.78 is 59.6. The molecule has 41 heavy (non-hydrogen) atoms.